The molecule has 0 spiro atoms. The second kappa shape index (κ2) is 8.74. The summed E-state index contributed by atoms with van der Waals surface area (Å²) in [7, 11) is 0. The summed E-state index contributed by atoms with van der Waals surface area (Å²) >= 11 is 7.77. The highest BCUT2D eigenvalue weighted by Gasteiger charge is 2.30. The predicted molar refractivity (Wildman–Crippen MR) is 111 cm³/mol. The van der Waals surface area contributed by atoms with Gasteiger partial charge in [-0.15, -0.1) is 11.3 Å². The molecule has 2 saturated heterocycles. The normalized spacial score (nSPS) is 21.7. The van der Waals surface area contributed by atoms with Gasteiger partial charge in [0.25, 0.3) is 0 Å². The van der Waals surface area contributed by atoms with E-state index in [2.05, 4.69) is 39.4 Å². The lowest BCUT2D eigenvalue weighted by atomic mass is 10.2. The van der Waals surface area contributed by atoms with E-state index in [-0.39, 0.29) is 5.91 Å². The Morgan fingerprint density at radius 3 is 2.56 bits per heavy atom. The van der Waals surface area contributed by atoms with Crippen molar-refractivity contribution in [3.8, 4) is 0 Å². The van der Waals surface area contributed by atoms with Crippen LogP contribution in [0.4, 0.5) is 0 Å². The Hall–Kier alpha value is -1.40. The van der Waals surface area contributed by atoms with Crippen molar-refractivity contribution in [1.82, 2.24) is 14.7 Å². The van der Waals surface area contributed by atoms with Gasteiger partial charge in [0, 0.05) is 48.7 Å². The van der Waals surface area contributed by atoms with E-state index in [1.165, 1.54) is 23.3 Å². The smallest absolute Gasteiger partial charge is 0.236 e. The summed E-state index contributed by atoms with van der Waals surface area (Å²) in [5, 5.41) is 2.91. The molecule has 1 aromatic heterocycles. The molecule has 0 bridgehead atoms. The van der Waals surface area contributed by atoms with Crippen LogP contribution >= 0.6 is 22.9 Å². The van der Waals surface area contributed by atoms with Crippen LogP contribution in [-0.2, 0) is 11.3 Å². The SMILES string of the molecule is O=C(CN1CCC[C@@H]1c1cccs1)N1CCN(Cc2ccc(Cl)cc2)CC1. The van der Waals surface area contributed by atoms with Crippen molar-refractivity contribution >= 4 is 28.8 Å². The van der Waals surface area contributed by atoms with E-state index in [1.54, 1.807) is 0 Å². The molecule has 2 aliphatic rings. The maximum atomic E-state index is 12.8. The number of halogens is 1. The van der Waals surface area contributed by atoms with E-state index in [0.717, 1.165) is 44.3 Å². The van der Waals surface area contributed by atoms with E-state index in [1.807, 2.05) is 28.4 Å². The number of rotatable bonds is 5. The van der Waals surface area contributed by atoms with Gasteiger partial charge in [0.1, 0.15) is 0 Å². The number of benzene rings is 1. The van der Waals surface area contributed by atoms with Gasteiger partial charge >= 0.3 is 0 Å². The second-order valence-electron chi connectivity index (χ2n) is 7.43. The number of piperazine rings is 1. The minimum atomic E-state index is 0.282. The van der Waals surface area contributed by atoms with Crippen molar-refractivity contribution in [2.24, 2.45) is 0 Å². The third-order valence-electron chi connectivity index (χ3n) is 5.62. The number of amides is 1. The lowest BCUT2D eigenvalue weighted by molar-refractivity contribution is -0.134. The van der Waals surface area contributed by atoms with Crippen molar-refractivity contribution in [2.75, 3.05) is 39.3 Å². The molecule has 6 heteroatoms. The topological polar surface area (TPSA) is 26.8 Å². The number of carbonyl (C=O) groups excluding carboxylic acids is 1. The highest BCUT2D eigenvalue weighted by atomic mass is 35.5. The highest BCUT2D eigenvalue weighted by molar-refractivity contribution is 7.10. The Morgan fingerprint density at radius 2 is 1.85 bits per heavy atom. The molecule has 1 atom stereocenters. The molecular formula is C21H26ClN3OS. The number of hydrogen-bond acceptors (Lipinski definition) is 4. The first-order valence-corrected chi connectivity index (χ1v) is 11.0. The van der Waals surface area contributed by atoms with E-state index in [9.17, 15) is 4.79 Å². The van der Waals surface area contributed by atoms with Gasteiger partial charge < -0.3 is 4.90 Å². The van der Waals surface area contributed by atoms with Crippen molar-refractivity contribution in [3.63, 3.8) is 0 Å². The molecule has 0 radical (unpaired) electrons. The maximum absolute atomic E-state index is 12.8. The Labute approximate surface area is 170 Å². The molecule has 4 nitrogen and oxygen atoms in total. The molecule has 0 N–H and O–H groups in total. The largest absolute Gasteiger partial charge is 0.339 e. The first kappa shape index (κ1) is 18.9. The fourth-order valence-corrected chi connectivity index (χ4v) is 5.12. The van der Waals surface area contributed by atoms with Crippen molar-refractivity contribution in [3.05, 3.63) is 57.2 Å². The predicted octanol–water partition coefficient (Wildman–Crippen LogP) is 3.88. The first-order valence-electron chi connectivity index (χ1n) is 9.71. The molecule has 144 valence electrons. The van der Waals surface area contributed by atoms with Crippen LogP contribution in [0.25, 0.3) is 0 Å². The fourth-order valence-electron chi connectivity index (χ4n) is 4.10. The van der Waals surface area contributed by atoms with Crippen LogP contribution < -0.4 is 0 Å². The number of carbonyl (C=O) groups is 1. The van der Waals surface area contributed by atoms with Gasteiger partial charge in [-0.2, -0.15) is 0 Å². The standard InChI is InChI=1S/C21H26ClN3OS/c22-18-7-5-17(6-8-18)15-23-10-12-24(13-11-23)21(26)16-25-9-1-3-19(25)20-4-2-14-27-20/h2,4-8,14,19H,1,3,9-13,15-16H2/t19-/m1/s1. The van der Waals surface area contributed by atoms with Gasteiger partial charge in [-0.3, -0.25) is 14.6 Å². The van der Waals surface area contributed by atoms with E-state index in [0.29, 0.717) is 12.6 Å². The van der Waals surface area contributed by atoms with Crippen molar-refractivity contribution in [2.45, 2.75) is 25.4 Å². The van der Waals surface area contributed by atoms with Gasteiger partial charge in [-0.1, -0.05) is 29.8 Å². The summed E-state index contributed by atoms with van der Waals surface area (Å²) in [6.45, 7) is 6.02. The summed E-state index contributed by atoms with van der Waals surface area (Å²) < 4.78 is 0. The summed E-state index contributed by atoms with van der Waals surface area (Å²) in [6.07, 6.45) is 2.35. The zero-order chi connectivity index (χ0) is 18.6. The summed E-state index contributed by atoms with van der Waals surface area (Å²) in [5.74, 6) is 0.282. The van der Waals surface area contributed by atoms with Gasteiger partial charge in [-0.05, 0) is 48.5 Å². The highest BCUT2D eigenvalue weighted by Crippen LogP contribution is 2.34. The van der Waals surface area contributed by atoms with Crippen LogP contribution in [0.5, 0.6) is 0 Å². The zero-order valence-corrected chi connectivity index (χ0v) is 17.1. The van der Waals surface area contributed by atoms with Crippen LogP contribution in [0.2, 0.25) is 5.02 Å². The summed E-state index contributed by atoms with van der Waals surface area (Å²) in [6, 6.07) is 12.8. The molecule has 0 saturated carbocycles. The first-order chi connectivity index (χ1) is 13.2. The average molecular weight is 404 g/mol. The minimum Gasteiger partial charge on any atom is -0.339 e. The van der Waals surface area contributed by atoms with Crippen LogP contribution in [0, 0.1) is 0 Å². The quantitative estimate of drug-likeness (QED) is 0.757. The zero-order valence-electron chi connectivity index (χ0n) is 15.5. The maximum Gasteiger partial charge on any atom is 0.236 e. The van der Waals surface area contributed by atoms with E-state index in [4.69, 9.17) is 11.6 Å². The van der Waals surface area contributed by atoms with Gasteiger partial charge in [0.15, 0.2) is 0 Å². The Balaban J connectivity index is 1.26. The monoisotopic (exact) mass is 403 g/mol. The molecule has 2 aliphatic heterocycles. The van der Waals surface area contributed by atoms with Gasteiger partial charge in [0.2, 0.25) is 5.91 Å². The third-order valence-corrected chi connectivity index (χ3v) is 6.84. The third kappa shape index (κ3) is 4.72. The van der Waals surface area contributed by atoms with E-state index >= 15 is 0 Å². The summed E-state index contributed by atoms with van der Waals surface area (Å²) in [5.41, 5.74) is 1.27. The molecule has 1 aromatic carbocycles. The molecule has 3 heterocycles. The lowest BCUT2D eigenvalue weighted by Crippen LogP contribution is -2.50. The van der Waals surface area contributed by atoms with Crippen LogP contribution in [0.3, 0.4) is 0 Å². The lowest BCUT2D eigenvalue weighted by Gasteiger charge is -2.36. The molecule has 27 heavy (non-hydrogen) atoms. The number of nitrogens with zero attached hydrogens (tertiary/aromatic N) is 3. The van der Waals surface area contributed by atoms with Crippen LogP contribution in [0.1, 0.15) is 29.3 Å². The van der Waals surface area contributed by atoms with Crippen LogP contribution in [0.15, 0.2) is 41.8 Å². The molecular weight excluding hydrogens is 378 g/mol. The molecule has 0 unspecified atom stereocenters. The molecule has 2 aromatic rings. The van der Waals surface area contributed by atoms with Gasteiger partial charge in [-0.25, -0.2) is 0 Å². The van der Waals surface area contributed by atoms with Crippen LogP contribution in [-0.4, -0.2) is 59.9 Å². The van der Waals surface area contributed by atoms with Crippen molar-refractivity contribution < 1.29 is 4.79 Å². The summed E-state index contributed by atoms with van der Waals surface area (Å²) in [4.78, 5) is 21.0. The number of hydrogen-bond donors (Lipinski definition) is 0. The molecule has 2 fully saturated rings. The Kier molecular flexibility index (Phi) is 6.13. The average Bonchev–Trinajstić information content (AvgIpc) is 3.35. The molecule has 1 amide bonds. The van der Waals surface area contributed by atoms with E-state index < -0.39 is 0 Å². The number of thiophene rings is 1. The van der Waals surface area contributed by atoms with Gasteiger partial charge in [0.05, 0.1) is 6.54 Å². The second-order valence-corrected chi connectivity index (χ2v) is 8.84. The minimum absolute atomic E-state index is 0.282. The molecule has 4 rings (SSSR count). The Bertz CT molecular complexity index is 741. The van der Waals surface area contributed by atoms with Crippen molar-refractivity contribution in [1.29, 1.82) is 0 Å². The number of likely N-dealkylation sites (tertiary alicyclic amines) is 1. The molecule has 0 aliphatic carbocycles. The fraction of sp³-hybridized carbons (Fsp3) is 0.476. The Morgan fingerprint density at radius 1 is 1.07 bits per heavy atom.